The Morgan fingerprint density at radius 2 is 1.95 bits per heavy atom. The van der Waals surface area contributed by atoms with Crippen LogP contribution in [0, 0.1) is 13.8 Å². The van der Waals surface area contributed by atoms with E-state index in [1.54, 1.807) is 0 Å². The fraction of sp³-hybridized carbons (Fsp3) is 0.353. The Morgan fingerprint density at radius 1 is 1.15 bits per heavy atom. The van der Waals surface area contributed by atoms with Gasteiger partial charge in [0.2, 0.25) is 0 Å². The van der Waals surface area contributed by atoms with Crippen LogP contribution in [0.3, 0.4) is 0 Å². The Labute approximate surface area is 126 Å². The minimum absolute atomic E-state index is 0.0930. The van der Waals surface area contributed by atoms with Crippen LogP contribution >= 0.6 is 11.6 Å². The Morgan fingerprint density at radius 3 is 2.60 bits per heavy atom. The highest BCUT2D eigenvalue weighted by atomic mass is 35.5. The van der Waals surface area contributed by atoms with Crippen molar-refractivity contribution in [2.45, 2.75) is 33.2 Å². The van der Waals surface area contributed by atoms with Gasteiger partial charge in [0, 0.05) is 17.4 Å². The van der Waals surface area contributed by atoms with Crippen LogP contribution in [0.25, 0.3) is 0 Å². The van der Waals surface area contributed by atoms with Crippen LogP contribution < -0.4 is 5.32 Å². The molecule has 1 aromatic carbocycles. The first-order chi connectivity index (χ1) is 9.61. The molecule has 0 aliphatic carbocycles. The van der Waals surface area contributed by atoms with Gasteiger partial charge in [-0.1, -0.05) is 36.7 Å². The molecule has 0 radical (unpaired) electrons. The van der Waals surface area contributed by atoms with Gasteiger partial charge in [0.15, 0.2) is 0 Å². The maximum Gasteiger partial charge on any atom is 0.0606 e. The Hall–Kier alpha value is -1.38. The molecule has 1 atom stereocenters. The number of pyridine rings is 1. The van der Waals surface area contributed by atoms with Gasteiger partial charge in [0.1, 0.15) is 0 Å². The van der Waals surface area contributed by atoms with Crippen LogP contribution in [0.4, 0.5) is 0 Å². The molecule has 0 amide bonds. The highest BCUT2D eigenvalue weighted by molar-refractivity contribution is 6.31. The summed E-state index contributed by atoms with van der Waals surface area (Å²) < 4.78 is 0. The van der Waals surface area contributed by atoms with Gasteiger partial charge < -0.3 is 5.32 Å². The summed E-state index contributed by atoms with van der Waals surface area (Å²) >= 11 is 6.43. The molecule has 0 aliphatic rings. The van der Waals surface area contributed by atoms with E-state index in [0.717, 1.165) is 34.7 Å². The molecule has 2 rings (SSSR count). The number of hydrogen-bond donors (Lipinski definition) is 1. The summed E-state index contributed by atoms with van der Waals surface area (Å²) in [5, 5.41) is 4.37. The maximum absolute atomic E-state index is 6.43. The quantitative estimate of drug-likeness (QED) is 0.880. The van der Waals surface area contributed by atoms with E-state index in [1.807, 2.05) is 18.5 Å². The zero-order valence-corrected chi connectivity index (χ0v) is 13.0. The second-order valence-corrected chi connectivity index (χ2v) is 5.61. The highest BCUT2D eigenvalue weighted by Gasteiger charge is 2.16. The number of hydrogen-bond acceptors (Lipinski definition) is 2. The second kappa shape index (κ2) is 6.87. The first-order valence-electron chi connectivity index (χ1n) is 7.02. The summed E-state index contributed by atoms with van der Waals surface area (Å²) in [6, 6.07) is 8.48. The molecule has 0 saturated carbocycles. The third-order valence-corrected chi connectivity index (χ3v) is 3.62. The monoisotopic (exact) mass is 288 g/mol. The predicted octanol–water partition coefficient (Wildman–Crippen LogP) is 4.44. The van der Waals surface area contributed by atoms with Crippen molar-refractivity contribution < 1.29 is 0 Å². The molecule has 0 saturated heterocycles. The zero-order chi connectivity index (χ0) is 14.5. The van der Waals surface area contributed by atoms with Gasteiger partial charge in [-0.2, -0.15) is 0 Å². The molecule has 2 nitrogen and oxygen atoms in total. The number of aryl methyl sites for hydroxylation is 2. The Kier molecular flexibility index (Phi) is 5.16. The van der Waals surface area contributed by atoms with Crippen molar-refractivity contribution in [2.75, 3.05) is 6.54 Å². The molecule has 1 heterocycles. The van der Waals surface area contributed by atoms with Crippen LogP contribution in [0.2, 0.25) is 5.02 Å². The van der Waals surface area contributed by atoms with Crippen molar-refractivity contribution in [3.63, 3.8) is 0 Å². The van der Waals surface area contributed by atoms with Crippen molar-refractivity contribution in [2.24, 2.45) is 0 Å². The average Bonchev–Trinajstić information content (AvgIpc) is 2.41. The van der Waals surface area contributed by atoms with E-state index in [4.69, 9.17) is 11.6 Å². The summed E-state index contributed by atoms with van der Waals surface area (Å²) in [4.78, 5) is 4.30. The van der Waals surface area contributed by atoms with E-state index >= 15 is 0 Å². The van der Waals surface area contributed by atoms with Crippen LogP contribution in [0.1, 0.15) is 41.6 Å². The summed E-state index contributed by atoms with van der Waals surface area (Å²) in [5.41, 5.74) is 4.60. The molecule has 106 valence electrons. The van der Waals surface area contributed by atoms with Gasteiger partial charge in [-0.3, -0.25) is 4.98 Å². The molecule has 1 unspecified atom stereocenters. The van der Waals surface area contributed by atoms with Gasteiger partial charge in [-0.25, -0.2) is 0 Å². The van der Waals surface area contributed by atoms with Gasteiger partial charge in [-0.15, -0.1) is 0 Å². The number of nitrogens with zero attached hydrogens (tertiary/aromatic N) is 1. The van der Waals surface area contributed by atoms with Gasteiger partial charge in [0.05, 0.1) is 6.04 Å². The topological polar surface area (TPSA) is 24.9 Å². The van der Waals surface area contributed by atoms with Crippen molar-refractivity contribution >= 4 is 11.6 Å². The molecule has 1 aromatic heterocycles. The number of benzene rings is 1. The van der Waals surface area contributed by atoms with Crippen molar-refractivity contribution in [1.82, 2.24) is 10.3 Å². The van der Waals surface area contributed by atoms with Crippen LogP contribution in [0.15, 0.2) is 36.7 Å². The minimum Gasteiger partial charge on any atom is -0.306 e. The van der Waals surface area contributed by atoms with E-state index in [9.17, 15) is 0 Å². The lowest BCUT2D eigenvalue weighted by Crippen LogP contribution is -2.23. The number of aromatic nitrogens is 1. The van der Waals surface area contributed by atoms with E-state index in [2.05, 4.69) is 49.3 Å². The molecule has 0 spiro atoms. The predicted molar refractivity (Wildman–Crippen MR) is 85.3 cm³/mol. The first kappa shape index (κ1) is 15.0. The summed E-state index contributed by atoms with van der Waals surface area (Å²) in [6.07, 6.45) is 4.87. The normalized spacial score (nSPS) is 12.4. The summed E-state index contributed by atoms with van der Waals surface area (Å²) in [7, 11) is 0. The zero-order valence-electron chi connectivity index (χ0n) is 12.3. The van der Waals surface area contributed by atoms with E-state index in [0.29, 0.717) is 0 Å². The van der Waals surface area contributed by atoms with Gasteiger partial charge in [0.25, 0.3) is 0 Å². The fourth-order valence-electron chi connectivity index (χ4n) is 2.30. The summed E-state index contributed by atoms with van der Waals surface area (Å²) in [5.74, 6) is 0. The average molecular weight is 289 g/mol. The lowest BCUT2D eigenvalue weighted by Gasteiger charge is -2.21. The van der Waals surface area contributed by atoms with Crippen LogP contribution in [-0.2, 0) is 0 Å². The third-order valence-electron chi connectivity index (χ3n) is 3.29. The second-order valence-electron chi connectivity index (χ2n) is 5.21. The molecule has 2 aromatic rings. The molecule has 0 bridgehead atoms. The van der Waals surface area contributed by atoms with E-state index < -0.39 is 0 Å². The number of halogens is 1. The maximum atomic E-state index is 6.43. The van der Waals surface area contributed by atoms with Crippen LogP contribution in [-0.4, -0.2) is 11.5 Å². The SMILES string of the molecule is CCCNC(c1cncc(C)c1)c1ccc(C)cc1Cl. The smallest absolute Gasteiger partial charge is 0.0606 e. The van der Waals surface area contributed by atoms with E-state index in [-0.39, 0.29) is 6.04 Å². The first-order valence-corrected chi connectivity index (χ1v) is 7.40. The molecule has 20 heavy (non-hydrogen) atoms. The molecule has 0 aliphatic heterocycles. The summed E-state index contributed by atoms with van der Waals surface area (Å²) in [6.45, 7) is 7.22. The highest BCUT2D eigenvalue weighted by Crippen LogP contribution is 2.29. The van der Waals surface area contributed by atoms with Crippen LogP contribution in [0.5, 0.6) is 0 Å². The third kappa shape index (κ3) is 3.59. The molecule has 3 heteroatoms. The van der Waals surface area contributed by atoms with Crippen molar-refractivity contribution in [3.05, 3.63) is 63.9 Å². The standard InChI is InChI=1S/C17H21ClN2/c1-4-7-20-17(14-8-13(3)10-19-11-14)15-6-5-12(2)9-16(15)18/h5-6,8-11,17,20H,4,7H2,1-3H3. The largest absolute Gasteiger partial charge is 0.306 e. The fourth-order valence-corrected chi connectivity index (χ4v) is 2.64. The minimum atomic E-state index is 0.0930. The van der Waals surface area contributed by atoms with Gasteiger partial charge >= 0.3 is 0 Å². The molecular weight excluding hydrogens is 268 g/mol. The molecule has 0 fully saturated rings. The molecule has 1 N–H and O–H groups in total. The van der Waals surface area contributed by atoms with Gasteiger partial charge in [-0.05, 0) is 55.1 Å². The lowest BCUT2D eigenvalue weighted by molar-refractivity contribution is 0.596. The van der Waals surface area contributed by atoms with Crippen molar-refractivity contribution in [3.8, 4) is 0 Å². The lowest BCUT2D eigenvalue weighted by atomic mass is 9.98. The number of nitrogens with one attached hydrogen (secondary N) is 1. The van der Waals surface area contributed by atoms with Crippen molar-refractivity contribution in [1.29, 1.82) is 0 Å². The van der Waals surface area contributed by atoms with E-state index in [1.165, 1.54) is 5.56 Å². The Balaban J connectivity index is 2.41. The molecular formula is C17H21ClN2. The Bertz CT molecular complexity index is 581. The number of rotatable bonds is 5.